The largest absolute Gasteiger partial charge is 0.307 e. The van der Waals surface area contributed by atoms with Gasteiger partial charge in [0.15, 0.2) is 0 Å². The normalized spacial score (nSPS) is 19.8. The van der Waals surface area contributed by atoms with Crippen LogP contribution in [-0.4, -0.2) is 6.04 Å². The molecule has 2 unspecified atom stereocenters. The molecule has 20 heavy (non-hydrogen) atoms. The highest BCUT2D eigenvalue weighted by Gasteiger charge is 2.24. The van der Waals surface area contributed by atoms with E-state index in [4.69, 9.17) is 0 Å². The fraction of sp³-hybridized carbons (Fsp3) is 0.647. The molecule has 0 bridgehead atoms. The van der Waals surface area contributed by atoms with E-state index in [1.165, 1.54) is 48.6 Å². The first kappa shape index (κ1) is 16.5. The van der Waals surface area contributed by atoms with Crippen LogP contribution in [0.15, 0.2) is 27.1 Å². The average Bonchev–Trinajstić information content (AvgIpc) is 2.45. The molecule has 3 heteroatoms. The maximum atomic E-state index is 3.87. The van der Waals surface area contributed by atoms with E-state index in [0.717, 1.165) is 10.4 Å². The maximum Gasteiger partial charge on any atom is 0.0305 e. The van der Waals surface area contributed by atoms with Gasteiger partial charge in [-0.2, -0.15) is 0 Å². The van der Waals surface area contributed by atoms with Gasteiger partial charge in [-0.1, -0.05) is 64.1 Å². The van der Waals surface area contributed by atoms with Crippen LogP contribution < -0.4 is 5.32 Å². The van der Waals surface area contributed by atoms with Crippen molar-refractivity contribution < 1.29 is 0 Å². The van der Waals surface area contributed by atoms with E-state index in [1.54, 1.807) is 0 Å². The van der Waals surface area contributed by atoms with Gasteiger partial charge in [-0.15, -0.1) is 0 Å². The molecule has 0 amide bonds. The molecule has 1 aromatic carbocycles. The first-order valence-corrected chi connectivity index (χ1v) is 9.41. The third-order valence-corrected chi connectivity index (χ3v) is 5.73. The van der Waals surface area contributed by atoms with E-state index >= 15 is 0 Å². The quantitative estimate of drug-likeness (QED) is 0.616. The van der Waals surface area contributed by atoms with Gasteiger partial charge in [0, 0.05) is 21.0 Å². The highest BCUT2D eigenvalue weighted by atomic mass is 79.9. The van der Waals surface area contributed by atoms with Crippen molar-refractivity contribution in [1.29, 1.82) is 0 Å². The van der Waals surface area contributed by atoms with E-state index in [9.17, 15) is 0 Å². The molecule has 2 atom stereocenters. The molecule has 1 N–H and O–H groups in total. The minimum Gasteiger partial charge on any atom is -0.307 e. The Labute approximate surface area is 140 Å². The molecule has 1 aliphatic carbocycles. The van der Waals surface area contributed by atoms with Gasteiger partial charge in [-0.05, 0) is 49.8 Å². The Kier molecular flexibility index (Phi) is 6.57. The van der Waals surface area contributed by atoms with Crippen molar-refractivity contribution in [2.45, 2.75) is 64.5 Å². The lowest BCUT2D eigenvalue weighted by atomic mass is 9.82. The van der Waals surface area contributed by atoms with Crippen molar-refractivity contribution >= 4 is 31.9 Å². The molecule has 1 fully saturated rings. The van der Waals surface area contributed by atoms with Gasteiger partial charge in [0.25, 0.3) is 0 Å². The van der Waals surface area contributed by atoms with Crippen molar-refractivity contribution in [2.24, 2.45) is 5.92 Å². The van der Waals surface area contributed by atoms with Crippen LogP contribution >= 0.6 is 31.9 Å². The Hall–Kier alpha value is 0.140. The lowest BCUT2D eigenvalue weighted by molar-refractivity contribution is 0.249. The predicted molar refractivity (Wildman–Crippen MR) is 94.0 cm³/mol. The summed E-state index contributed by atoms with van der Waals surface area (Å²) in [6, 6.07) is 7.51. The maximum absolute atomic E-state index is 3.87. The summed E-state index contributed by atoms with van der Waals surface area (Å²) in [4.78, 5) is 0. The molecular weight excluding hydrogens is 378 g/mol. The lowest BCUT2D eigenvalue weighted by Crippen LogP contribution is -2.38. The number of rotatable bonds is 5. The average molecular weight is 403 g/mol. The zero-order valence-electron chi connectivity index (χ0n) is 12.5. The monoisotopic (exact) mass is 401 g/mol. The first-order chi connectivity index (χ1) is 9.61. The fourth-order valence-electron chi connectivity index (χ4n) is 3.39. The van der Waals surface area contributed by atoms with Gasteiger partial charge in [-0.25, -0.2) is 0 Å². The molecule has 0 spiro atoms. The molecule has 1 nitrogen and oxygen atoms in total. The second-order valence-corrected chi connectivity index (χ2v) is 7.74. The molecule has 0 saturated heterocycles. The van der Waals surface area contributed by atoms with Crippen molar-refractivity contribution in [2.75, 3.05) is 0 Å². The van der Waals surface area contributed by atoms with E-state index in [2.05, 4.69) is 69.2 Å². The highest BCUT2D eigenvalue weighted by Crippen LogP contribution is 2.31. The van der Waals surface area contributed by atoms with Crippen molar-refractivity contribution in [3.05, 3.63) is 32.7 Å². The summed E-state index contributed by atoms with van der Waals surface area (Å²) in [6.45, 7) is 4.59. The molecule has 0 heterocycles. The van der Waals surface area contributed by atoms with Crippen LogP contribution in [-0.2, 0) is 0 Å². The fourth-order valence-corrected chi connectivity index (χ4v) is 4.78. The number of hydrogen-bond donors (Lipinski definition) is 1. The minimum absolute atomic E-state index is 0.393. The van der Waals surface area contributed by atoms with E-state index in [-0.39, 0.29) is 0 Å². The zero-order chi connectivity index (χ0) is 14.5. The number of halogens is 2. The molecule has 1 saturated carbocycles. The van der Waals surface area contributed by atoms with Crippen molar-refractivity contribution in [3.63, 3.8) is 0 Å². The summed E-state index contributed by atoms with van der Waals surface area (Å²) >= 11 is 7.21. The van der Waals surface area contributed by atoms with Gasteiger partial charge >= 0.3 is 0 Å². The molecule has 0 aliphatic heterocycles. The topological polar surface area (TPSA) is 12.0 Å². The summed E-state index contributed by atoms with van der Waals surface area (Å²) in [5.74, 6) is 0.866. The van der Waals surface area contributed by atoms with Crippen LogP contribution in [0.2, 0.25) is 0 Å². The van der Waals surface area contributed by atoms with Gasteiger partial charge in [-0.3, -0.25) is 0 Å². The third kappa shape index (κ3) is 4.32. The molecular formula is C17H25Br2N. The summed E-state index contributed by atoms with van der Waals surface area (Å²) in [5.41, 5.74) is 1.35. The van der Waals surface area contributed by atoms with E-state index in [0.29, 0.717) is 12.1 Å². The number of nitrogens with one attached hydrogen (secondary N) is 1. The summed E-state index contributed by atoms with van der Waals surface area (Å²) < 4.78 is 2.31. The molecule has 0 radical (unpaired) electrons. The van der Waals surface area contributed by atoms with Crippen LogP contribution in [0.3, 0.4) is 0 Å². The van der Waals surface area contributed by atoms with Crippen LogP contribution in [0.4, 0.5) is 0 Å². The summed E-state index contributed by atoms with van der Waals surface area (Å²) in [5, 5.41) is 3.87. The first-order valence-electron chi connectivity index (χ1n) is 7.82. The minimum atomic E-state index is 0.393. The Morgan fingerprint density at radius 2 is 1.90 bits per heavy atom. The van der Waals surface area contributed by atoms with Gasteiger partial charge in [0.05, 0.1) is 0 Å². The van der Waals surface area contributed by atoms with Crippen LogP contribution in [0.1, 0.15) is 64.0 Å². The van der Waals surface area contributed by atoms with E-state index < -0.39 is 0 Å². The molecule has 1 aliphatic rings. The summed E-state index contributed by atoms with van der Waals surface area (Å²) in [7, 11) is 0. The standard InChI is InChI=1S/C17H25Br2N/c1-3-17(13-7-5-4-6-8-13)20-12(2)15-10-9-14(18)11-16(15)19/h9-13,17,20H,3-8H2,1-2H3. The number of benzene rings is 1. The van der Waals surface area contributed by atoms with Crippen LogP contribution in [0, 0.1) is 5.92 Å². The van der Waals surface area contributed by atoms with Crippen LogP contribution in [0.25, 0.3) is 0 Å². The molecule has 2 rings (SSSR count). The Morgan fingerprint density at radius 3 is 2.50 bits per heavy atom. The SMILES string of the molecule is CCC(NC(C)c1ccc(Br)cc1Br)C1CCCCC1. The molecule has 0 aromatic heterocycles. The predicted octanol–water partition coefficient (Wildman–Crippen LogP) is 6.22. The zero-order valence-corrected chi connectivity index (χ0v) is 15.6. The molecule has 1 aromatic rings. The van der Waals surface area contributed by atoms with Gasteiger partial charge < -0.3 is 5.32 Å². The summed E-state index contributed by atoms with van der Waals surface area (Å²) in [6.07, 6.45) is 8.29. The lowest BCUT2D eigenvalue weighted by Gasteiger charge is -2.33. The van der Waals surface area contributed by atoms with Crippen molar-refractivity contribution in [1.82, 2.24) is 5.32 Å². The highest BCUT2D eigenvalue weighted by molar-refractivity contribution is 9.11. The number of hydrogen-bond acceptors (Lipinski definition) is 1. The van der Waals surface area contributed by atoms with Crippen LogP contribution in [0.5, 0.6) is 0 Å². The second kappa shape index (κ2) is 7.95. The molecule has 112 valence electrons. The third-order valence-electron chi connectivity index (χ3n) is 4.55. The smallest absolute Gasteiger partial charge is 0.0305 e. The Morgan fingerprint density at radius 1 is 1.20 bits per heavy atom. The Balaban J connectivity index is 2.02. The van der Waals surface area contributed by atoms with E-state index in [1.807, 2.05) is 0 Å². The second-order valence-electron chi connectivity index (χ2n) is 5.97. The van der Waals surface area contributed by atoms with Gasteiger partial charge in [0.2, 0.25) is 0 Å². The van der Waals surface area contributed by atoms with Crippen molar-refractivity contribution in [3.8, 4) is 0 Å². The van der Waals surface area contributed by atoms with Gasteiger partial charge in [0.1, 0.15) is 0 Å². The Bertz CT molecular complexity index is 427.